The van der Waals surface area contributed by atoms with Gasteiger partial charge < -0.3 is 4.57 Å². The Labute approximate surface area is 154 Å². The zero-order chi connectivity index (χ0) is 18.7. The second-order valence-electron chi connectivity index (χ2n) is 7.45. The van der Waals surface area contributed by atoms with Gasteiger partial charge in [0.1, 0.15) is 11.6 Å². The van der Waals surface area contributed by atoms with Crippen LogP contribution in [-0.4, -0.2) is 4.57 Å². The average molecular weight is 342 g/mol. The van der Waals surface area contributed by atoms with Gasteiger partial charge in [-0.25, -0.2) is 0 Å². The molecule has 0 amide bonds. The van der Waals surface area contributed by atoms with E-state index in [0.717, 1.165) is 16.8 Å². The summed E-state index contributed by atoms with van der Waals surface area (Å²) in [5, 5.41) is 9.23. The Morgan fingerprint density at radius 2 is 1.58 bits per heavy atom. The van der Waals surface area contributed by atoms with Crippen LogP contribution in [-0.2, 0) is 12.0 Å². The number of hydrogen-bond acceptors (Lipinski definition) is 2. The number of aromatic nitrogens is 1. The summed E-state index contributed by atoms with van der Waals surface area (Å²) in [5.74, 6) is 0. The lowest BCUT2D eigenvalue weighted by Crippen LogP contribution is -2.24. The first-order chi connectivity index (χ1) is 12.4. The van der Waals surface area contributed by atoms with Gasteiger partial charge >= 0.3 is 0 Å². The van der Waals surface area contributed by atoms with Crippen LogP contribution >= 0.6 is 0 Å². The molecule has 26 heavy (non-hydrogen) atoms. The quantitative estimate of drug-likeness (QED) is 0.690. The Balaban J connectivity index is 2.06. The molecule has 2 aromatic carbocycles. The summed E-state index contributed by atoms with van der Waals surface area (Å²) in [6.07, 6.45) is 0. The molecule has 1 heterocycles. The van der Waals surface area contributed by atoms with Crippen LogP contribution in [0.15, 0.2) is 71.5 Å². The van der Waals surface area contributed by atoms with Crippen LogP contribution in [0.2, 0.25) is 0 Å². The molecule has 0 aliphatic heterocycles. The molecule has 1 aromatic heterocycles. The Morgan fingerprint density at radius 1 is 0.923 bits per heavy atom. The third-order valence-electron chi connectivity index (χ3n) is 4.52. The second-order valence-corrected chi connectivity index (χ2v) is 7.45. The third-order valence-corrected chi connectivity index (χ3v) is 4.52. The van der Waals surface area contributed by atoms with Gasteiger partial charge in [-0.15, -0.1) is 0 Å². The van der Waals surface area contributed by atoms with Crippen LogP contribution in [0.3, 0.4) is 0 Å². The van der Waals surface area contributed by atoms with Crippen molar-refractivity contribution in [3.8, 4) is 17.3 Å². The second kappa shape index (κ2) is 7.01. The number of nitrogens with zero attached hydrogens (tertiary/aromatic N) is 2. The normalized spacial score (nSPS) is 11.2. The van der Waals surface area contributed by atoms with E-state index in [1.807, 2.05) is 42.5 Å². The van der Waals surface area contributed by atoms with Crippen molar-refractivity contribution in [2.75, 3.05) is 0 Å². The zero-order valence-electron chi connectivity index (χ0n) is 15.4. The van der Waals surface area contributed by atoms with Crippen LogP contribution < -0.4 is 5.56 Å². The summed E-state index contributed by atoms with van der Waals surface area (Å²) in [5.41, 5.74) is 4.06. The van der Waals surface area contributed by atoms with Crippen molar-refractivity contribution in [2.45, 2.75) is 32.7 Å². The molecule has 0 bridgehead atoms. The maximum atomic E-state index is 12.8. The molecule has 3 nitrogen and oxygen atoms in total. The minimum Gasteiger partial charge on any atom is -0.303 e. The maximum Gasteiger partial charge on any atom is 0.269 e. The summed E-state index contributed by atoms with van der Waals surface area (Å²) in [6, 6.07) is 23.6. The van der Waals surface area contributed by atoms with Gasteiger partial charge in [-0.3, -0.25) is 4.79 Å². The number of rotatable bonds is 3. The van der Waals surface area contributed by atoms with Crippen molar-refractivity contribution in [2.24, 2.45) is 0 Å². The predicted octanol–water partition coefficient (Wildman–Crippen LogP) is 4.73. The first-order valence-electron chi connectivity index (χ1n) is 8.69. The number of benzene rings is 2. The molecule has 0 saturated heterocycles. The van der Waals surface area contributed by atoms with Gasteiger partial charge in [0.2, 0.25) is 0 Å². The van der Waals surface area contributed by atoms with Gasteiger partial charge in [-0.05, 0) is 34.2 Å². The molecule has 0 saturated carbocycles. The zero-order valence-corrected chi connectivity index (χ0v) is 15.4. The third kappa shape index (κ3) is 3.60. The highest BCUT2D eigenvalue weighted by Crippen LogP contribution is 2.23. The van der Waals surface area contributed by atoms with E-state index < -0.39 is 0 Å². The SMILES string of the molecule is CC(C)(C)c1ccc(Cn2c(-c3ccccc3)ccc(C#N)c2=O)cc1. The maximum absolute atomic E-state index is 12.8. The number of hydrogen-bond donors (Lipinski definition) is 0. The fourth-order valence-corrected chi connectivity index (χ4v) is 2.97. The molecule has 0 fully saturated rings. The van der Waals surface area contributed by atoms with E-state index in [0.29, 0.717) is 6.54 Å². The first-order valence-corrected chi connectivity index (χ1v) is 8.69. The van der Waals surface area contributed by atoms with Gasteiger partial charge in [0.05, 0.1) is 12.2 Å². The van der Waals surface area contributed by atoms with Crippen molar-refractivity contribution < 1.29 is 0 Å². The van der Waals surface area contributed by atoms with Crippen LogP contribution in [0.25, 0.3) is 11.3 Å². The highest BCUT2D eigenvalue weighted by molar-refractivity contribution is 5.60. The molecule has 0 N–H and O–H groups in total. The van der Waals surface area contributed by atoms with Gasteiger partial charge in [-0.2, -0.15) is 5.26 Å². The molecule has 0 atom stereocenters. The summed E-state index contributed by atoms with van der Waals surface area (Å²) in [6.45, 7) is 6.96. The smallest absolute Gasteiger partial charge is 0.269 e. The molecule has 0 radical (unpaired) electrons. The van der Waals surface area contributed by atoms with E-state index in [-0.39, 0.29) is 16.5 Å². The molecule has 0 unspecified atom stereocenters. The van der Waals surface area contributed by atoms with Crippen molar-refractivity contribution in [3.63, 3.8) is 0 Å². The van der Waals surface area contributed by atoms with Crippen LogP contribution in [0.1, 0.15) is 37.5 Å². The highest BCUT2D eigenvalue weighted by Gasteiger charge is 2.14. The fraction of sp³-hybridized carbons (Fsp3) is 0.217. The van der Waals surface area contributed by atoms with Gasteiger partial charge in [0, 0.05) is 0 Å². The van der Waals surface area contributed by atoms with Gasteiger partial charge in [0.15, 0.2) is 0 Å². The predicted molar refractivity (Wildman–Crippen MR) is 105 cm³/mol. The molecular formula is C23H22N2O. The molecule has 0 spiro atoms. The summed E-state index contributed by atoms with van der Waals surface area (Å²) in [4.78, 5) is 12.8. The minimum atomic E-state index is -0.256. The Bertz CT molecular complexity index is 1000. The summed E-state index contributed by atoms with van der Waals surface area (Å²) >= 11 is 0. The largest absolute Gasteiger partial charge is 0.303 e. The lowest BCUT2D eigenvalue weighted by molar-refractivity contribution is 0.589. The first kappa shape index (κ1) is 17.7. The van der Waals surface area contributed by atoms with E-state index in [2.05, 4.69) is 45.0 Å². The van der Waals surface area contributed by atoms with Crippen molar-refractivity contribution in [1.29, 1.82) is 5.26 Å². The van der Waals surface area contributed by atoms with E-state index in [1.54, 1.807) is 10.6 Å². The van der Waals surface area contributed by atoms with Crippen LogP contribution in [0.4, 0.5) is 0 Å². The monoisotopic (exact) mass is 342 g/mol. The Hall–Kier alpha value is -3.12. The number of nitriles is 1. The van der Waals surface area contributed by atoms with Gasteiger partial charge in [0.25, 0.3) is 5.56 Å². The Kier molecular flexibility index (Phi) is 4.77. The lowest BCUT2D eigenvalue weighted by atomic mass is 9.87. The minimum absolute atomic E-state index is 0.0886. The van der Waals surface area contributed by atoms with E-state index in [1.165, 1.54) is 5.56 Å². The summed E-state index contributed by atoms with van der Waals surface area (Å²) in [7, 11) is 0. The highest BCUT2D eigenvalue weighted by atomic mass is 16.1. The molecule has 3 aromatic rings. The molecule has 0 aliphatic rings. The van der Waals surface area contributed by atoms with Crippen molar-refractivity contribution in [3.05, 3.63) is 93.8 Å². The van der Waals surface area contributed by atoms with Crippen molar-refractivity contribution in [1.82, 2.24) is 4.57 Å². The fourth-order valence-electron chi connectivity index (χ4n) is 2.97. The van der Waals surface area contributed by atoms with Crippen LogP contribution in [0.5, 0.6) is 0 Å². The number of pyridine rings is 1. The average Bonchev–Trinajstić information content (AvgIpc) is 2.64. The van der Waals surface area contributed by atoms with E-state index >= 15 is 0 Å². The van der Waals surface area contributed by atoms with Gasteiger partial charge in [-0.1, -0.05) is 75.4 Å². The topological polar surface area (TPSA) is 45.8 Å². The molecule has 3 heteroatoms. The lowest BCUT2D eigenvalue weighted by Gasteiger charge is -2.19. The van der Waals surface area contributed by atoms with E-state index in [9.17, 15) is 10.1 Å². The Morgan fingerprint density at radius 3 is 2.15 bits per heavy atom. The van der Waals surface area contributed by atoms with Crippen molar-refractivity contribution >= 4 is 0 Å². The van der Waals surface area contributed by atoms with E-state index in [4.69, 9.17) is 0 Å². The molecule has 0 aliphatic carbocycles. The molecular weight excluding hydrogens is 320 g/mol. The molecule has 130 valence electrons. The molecule has 3 rings (SSSR count). The summed E-state index contributed by atoms with van der Waals surface area (Å²) < 4.78 is 1.68. The standard InChI is InChI=1S/C23H22N2O/c1-23(2,3)20-12-9-17(10-13-20)16-25-21(18-7-5-4-6-8-18)14-11-19(15-24)22(25)26/h4-14H,16H2,1-3H3. The van der Waals surface area contributed by atoms with Crippen LogP contribution in [0, 0.1) is 11.3 Å².